The lowest BCUT2D eigenvalue weighted by atomic mass is 9.76. The van der Waals surface area contributed by atoms with Gasteiger partial charge in [-0.1, -0.05) is 97.9 Å². The third-order valence-electron chi connectivity index (χ3n) is 8.31. The zero-order valence-electron chi connectivity index (χ0n) is 24.4. The highest BCUT2D eigenvalue weighted by atomic mass is 19.1. The van der Waals surface area contributed by atoms with Crippen LogP contribution in [0.1, 0.15) is 47.3 Å². The molecule has 0 saturated carbocycles. The Morgan fingerprint density at radius 2 is 1.45 bits per heavy atom. The van der Waals surface area contributed by atoms with Gasteiger partial charge in [0.05, 0.1) is 7.11 Å². The Morgan fingerprint density at radius 3 is 2.00 bits per heavy atom. The molecule has 2 atom stereocenters. The minimum Gasteiger partial charge on any atom is -0.493 e. The first kappa shape index (κ1) is 29.0. The molecule has 0 spiro atoms. The number of rotatable bonds is 9. The molecule has 0 N–H and O–H groups in total. The van der Waals surface area contributed by atoms with E-state index in [9.17, 15) is 9.18 Å². The van der Waals surface area contributed by atoms with Gasteiger partial charge in [-0.15, -0.1) is 10.2 Å². The Kier molecular flexibility index (Phi) is 8.07. The van der Waals surface area contributed by atoms with Crippen LogP contribution in [-0.4, -0.2) is 27.7 Å². The van der Waals surface area contributed by atoms with Gasteiger partial charge in [-0.25, -0.2) is 8.78 Å². The van der Waals surface area contributed by atoms with Gasteiger partial charge in [0.1, 0.15) is 30.1 Å². The van der Waals surface area contributed by atoms with E-state index in [1.165, 1.54) is 25.3 Å². The molecule has 0 radical (unpaired) electrons. The Morgan fingerprint density at radius 1 is 0.886 bits per heavy atom. The quantitative estimate of drug-likeness (QED) is 0.167. The fourth-order valence-electron chi connectivity index (χ4n) is 6.17. The van der Waals surface area contributed by atoms with Crippen molar-refractivity contribution >= 4 is 5.78 Å². The van der Waals surface area contributed by atoms with E-state index in [-0.39, 0.29) is 30.3 Å². The first-order chi connectivity index (χ1) is 21.4. The normalized spacial score (nSPS) is 16.8. The molecule has 0 saturated heterocycles. The van der Waals surface area contributed by atoms with Crippen LogP contribution in [-0.2, 0) is 16.9 Å². The Bertz CT molecular complexity index is 1690. The highest BCUT2D eigenvalue weighted by Gasteiger charge is 2.40. The minimum absolute atomic E-state index is 0.0292. The molecule has 1 aliphatic rings. The van der Waals surface area contributed by atoms with Crippen molar-refractivity contribution < 1.29 is 23.0 Å². The largest absolute Gasteiger partial charge is 0.493 e. The molecule has 0 bridgehead atoms. The van der Waals surface area contributed by atoms with E-state index in [1.807, 2.05) is 59.2 Å². The number of methoxy groups -OCH3 is 1. The maximum absolute atomic E-state index is 15.7. The second kappa shape index (κ2) is 12.2. The molecular formula is C36H31F2N3O3. The van der Waals surface area contributed by atoms with Gasteiger partial charge >= 0.3 is 0 Å². The van der Waals surface area contributed by atoms with Crippen LogP contribution < -0.4 is 9.47 Å². The Labute approximate surface area is 254 Å². The number of Topliss-reactive ketones (excluding diaryl/α,β-unsaturated/α-hetero) is 1. The molecule has 44 heavy (non-hydrogen) atoms. The Hall–Kier alpha value is -5.11. The molecule has 6 rings (SSSR count). The average molecular weight is 592 g/mol. The van der Waals surface area contributed by atoms with Gasteiger partial charge in [-0.2, -0.15) is 0 Å². The van der Waals surface area contributed by atoms with Crippen LogP contribution >= 0.6 is 0 Å². The molecule has 1 aliphatic carbocycles. The summed E-state index contributed by atoms with van der Waals surface area (Å²) in [6.45, 7) is 1.51. The van der Waals surface area contributed by atoms with Crippen molar-refractivity contribution in [2.45, 2.75) is 31.4 Å². The second-order valence-corrected chi connectivity index (χ2v) is 10.8. The van der Waals surface area contributed by atoms with E-state index in [2.05, 4.69) is 46.6 Å². The van der Waals surface area contributed by atoms with Crippen molar-refractivity contribution in [3.8, 4) is 11.5 Å². The van der Waals surface area contributed by atoms with Gasteiger partial charge in [0.2, 0.25) is 0 Å². The number of ether oxygens (including phenoxy) is 2. The zero-order chi connectivity index (χ0) is 30.7. The smallest absolute Gasteiger partial charge is 0.197 e. The first-order valence-corrected chi connectivity index (χ1v) is 14.4. The second-order valence-electron chi connectivity index (χ2n) is 10.8. The number of benzene rings is 4. The number of nitrogens with zero attached hydrogens (tertiary/aromatic N) is 3. The van der Waals surface area contributed by atoms with E-state index in [0.717, 1.165) is 16.7 Å². The van der Waals surface area contributed by atoms with Crippen LogP contribution in [0, 0.1) is 11.7 Å². The number of carbonyl (C=O) groups excluding carboxylic acids is 1. The summed E-state index contributed by atoms with van der Waals surface area (Å²) in [5, 5.41) is 8.68. The molecule has 5 aromatic rings. The third kappa shape index (κ3) is 5.06. The molecule has 8 heteroatoms. The van der Waals surface area contributed by atoms with Crippen LogP contribution in [0.25, 0.3) is 0 Å². The number of halogens is 2. The van der Waals surface area contributed by atoms with Gasteiger partial charge in [0, 0.05) is 18.3 Å². The van der Waals surface area contributed by atoms with Crippen molar-refractivity contribution in [2.24, 2.45) is 5.92 Å². The van der Waals surface area contributed by atoms with E-state index in [1.54, 1.807) is 13.3 Å². The van der Waals surface area contributed by atoms with Crippen molar-refractivity contribution in [2.75, 3.05) is 7.11 Å². The number of aromatic nitrogens is 3. The van der Waals surface area contributed by atoms with E-state index >= 15 is 4.39 Å². The lowest BCUT2D eigenvalue weighted by Crippen LogP contribution is -2.38. The molecule has 2 unspecified atom stereocenters. The van der Waals surface area contributed by atoms with E-state index in [4.69, 9.17) is 9.47 Å². The molecule has 1 aromatic heterocycles. The summed E-state index contributed by atoms with van der Waals surface area (Å²) in [6.07, 6.45) is 2.94. The van der Waals surface area contributed by atoms with Crippen molar-refractivity contribution in [1.29, 1.82) is 0 Å². The maximum atomic E-state index is 15.7. The summed E-state index contributed by atoms with van der Waals surface area (Å²) in [5.74, 6) is -2.43. The molecule has 1 heterocycles. The topological polar surface area (TPSA) is 66.2 Å². The monoisotopic (exact) mass is 591 g/mol. The van der Waals surface area contributed by atoms with Crippen LogP contribution in [0.4, 0.5) is 8.78 Å². The summed E-state index contributed by atoms with van der Waals surface area (Å²) < 4.78 is 44.0. The summed E-state index contributed by atoms with van der Waals surface area (Å²) in [7, 11) is 1.39. The lowest BCUT2D eigenvalue weighted by Gasteiger charge is -2.38. The fraction of sp³-hybridized carbons (Fsp3) is 0.194. The summed E-state index contributed by atoms with van der Waals surface area (Å²) in [6, 6.07) is 32.8. The molecule has 6 nitrogen and oxygen atoms in total. The standard InChI is InChI=1S/C36H31F2N3O3/c1-24-31(42)19-18-29(37)34(24)25-20-30(38)35(32(21-25)43-2)44-22-33-40-39-23-41(33)36(26-12-6-3-7-13-26,27-14-8-4-9-15-27)28-16-10-5-11-17-28/h3-18,20-21,23-24,34H,19,22H2,1-2H3. The summed E-state index contributed by atoms with van der Waals surface area (Å²) in [4.78, 5) is 12.3. The number of carbonyl (C=O) groups is 1. The van der Waals surface area contributed by atoms with Gasteiger partial charge in [0.15, 0.2) is 23.1 Å². The minimum atomic E-state index is -0.889. The third-order valence-corrected chi connectivity index (χ3v) is 8.31. The predicted molar refractivity (Wildman–Crippen MR) is 163 cm³/mol. The molecule has 4 aromatic carbocycles. The van der Waals surface area contributed by atoms with Gasteiger partial charge in [0.25, 0.3) is 0 Å². The summed E-state index contributed by atoms with van der Waals surface area (Å²) in [5.41, 5.74) is 2.33. The van der Waals surface area contributed by atoms with Crippen molar-refractivity contribution in [3.63, 3.8) is 0 Å². The van der Waals surface area contributed by atoms with Crippen LogP contribution in [0.2, 0.25) is 0 Å². The molecule has 0 fully saturated rings. The molecule has 0 aliphatic heterocycles. The molecule has 0 amide bonds. The number of hydrogen-bond acceptors (Lipinski definition) is 5. The lowest BCUT2D eigenvalue weighted by molar-refractivity contribution is -0.122. The highest BCUT2D eigenvalue weighted by Crippen LogP contribution is 2.44. The number of ketones is 1. The fourth-order valence-corrected chi connectivity index (χ4v) is 6.17. The average Bonchev–Trinajstić information content (AvgIpc) is 3.53. The SMILES string of the molecule is COc1cc(C2C(F)=CCC(=O)C2C)cc(F)c1OCc1nncn1C(c1ccccc1)(c1ccccc1)c1ccccc1. The molecule has 222 valence electrons. The van der Waals surface area contributed by atoms with Gasteiger partial charge in [-0.05, 0) is 40.5 Å². The summed E-state index contributed by atoms with van der Waals surface area (Å²) >= 11 is 0. The van der Waals surface area contributed by atoms with E-state index in [0.29, 0.717) is 11.4 Å². The number of allylic oxidation sites excluding steroid dienone is 2. The van der Waals surface area contributed by atoms with Crippen LogP contribution in [0.5, 0.6) is 11.5 Å². The first-order valence-electron chi connectivity index (χ1n) is 14.4. The van der Waals surface area contributed by atoms with Gasteiger partial charge in [-0.3, -0.25) is 9.36 Å². The van der Waals surface area contributed by atoms with Crippen molar-refractivity contribution in [3.05, 3.63) is 155 Å². The predicted octanol–water partition coefficient (Wildman–Crippen LogP) is 7.39. The zero-order valence-corrected chi connectivity index (χ0v) is 24.4. The highest BCUT2D eigenvalue weighted by molar-refractivity contribution is 5.85. The van der Waals surface area contributed by atoms with E-state index < -0.39 is 29.0 Å². The Balaban J connectivity index is 1.43. The molecular weight excluding hydrogens is 560 g/mol. The number of hydrogen-bond donors (Lipinski definition) is 0. The van der Waals surface area contributed by atoms with Crippen molar-refractivity contribution in [1.82, 2.24) is 14.8 Å². The van der Waals surface area contributed by atoms with Crippen LogP contribution in [0.3, 0.4) is 0 Å². The maximum Gasteiger partial charge on any atom is 0.197 e. The van der Waals surface area contributed by atoms with Gasteiger partial charge < -0.3 is 9.47 Å². The van der Waals surface area contributed by atoms with Crippen LogP contribution in [0.15, 0.2) is 121 Å².